The van der Waals surface area contributed by atoms with Gasteiger partial charge < -0.3 is 4.74 Å². The first-order valence-electron chi connectivity index (χ1n) is 5.34. The van der Waals surface area contributed by atoms with Crippen LogP contribution in [0.25, 0.3) is 0 Å². The predicted molar refractivity (Wildman–Crippen MR) is 72.6 cm³/mol. The number of hydrogen-bond donors (Lipinski definition) is 0. The van der Waals surface area contributed by atoms with Gasteiger partial charge in [0.2, 0.25) is 5.90 Å². The quantitative estimate of drug-likeness (QED) is 0.789. The maximum absolute atomic E-state index is 6.11. The Morgan fingerprint density at radius 3 is 2.29 bits per heavy atom. The molecule has 1 atom stereocenters. The van der Waals surface area contributed by atoms with Gasteiger partial charge in [-0.15, -0.1) is 0 Å². The number of nitrogens with zero attached hydrogens (tertiary/aromatic N) is 1. The molecule has 0 radical (unpaired) electrons. The fraction of sp³-hybridized carbons (Fsp3) is 0.417. The molecule has 0 saturated heterocycles. The van der Waals surface area contributed by atoms with Gasteiger partial charge in [-0.3, -0.25) is 0 Å². The summed E-state index contributed by atoms with van der Waals surface area (Å²) in [6, 6.07) is 3.44. The van der Waals surface area contributed by atoms with Gasteiger partial charge in [-0.2, -0.15) is 0 Å². The smallest absolute Gasteiger partial charge is 0.219 e. The van der Waals surface area contributed by atoms with Gasteiger partial charge in [-0.25, -0.2) is 4.99 Å². The lowest BCUT2D eigenvalue weighted by Gasteiger charge is -2.07. The molecule has 0 N–H and O–H groups in total. The lowest BCUT2D eigenvalue weighted by molar-refractivity contribution is 0.292. The highest BCUT2D eigenvalue weighted by atomic mass is 35.5. The van der Waals surface area contributed by atoms with Crippen molar-refractivity contribution in [3.05, 3.63) is 32.8 Å². The van der Waals surface area contributed by atoms with Crippen LogP contribution in [-0.2, 0) is 4.74 Å². The van der Waals surface area contributed by atoms with Crippen molar-refractivity contribution in [1.82, 2.24) is 0 Å². The number of hydrogen-bond acceptors (Lipinski definition) is 2. The van der Waals surface area contributed by atoms with Crippen LogP contribution in [0.2, 0.25) is 15.1 Å². The molecule has 1 aliphatic rings. The molecular formula is C12H12Cl3NO. The SMILES string of the molecule is CC(C)[C@H]1COC(c2c(Cl)cc(Cl)cc2Cl)=N1. The molecule has 0 aromatic heterocycles. The summed E-state index contributed by atoms with van der Waals surface area (Å²) in [6.07, 6.45) is 0. The Bertz CT molecular complexity index is 448. The molecule has 2 rings (SSSR count). The van der Waals surface area contributed by atoms with E-state index in [2.05, 4.69) is 18.8 Å². The van der Waals surface area contributed by atoms with Gasteiger partial charge in [-0.05, 0) is 18.1 Å². The first-order chi connectivity index (χ1) is 7.99. The fourth-order valence-electron chi connectivity index (χ4n) is 1.61. The fourth-order valence-corrected chi connectivity index (χ4v) is 2.59. The lowest BCUT2D eigenvalue weighted by atomic mass is 10.1. The molecule has 0 spiro atoms. The molecule has 0 amide bonds. The second kappa shape index (κ2) is 5.05. The van der Waals surface area contributed by atoms with Gasteiger partial charge in [0, 0.05) is 5.02 Å². The van der Waals surface area contributed by atoms with E-state index in [1.54, 1.807) is 12.1 Å². The van der Waals surface area contributed by atoms with Crippen molar-refractivity contribution in [2.45, 2.75) is 19.9 Å². The van der Waals surface area contributed by atoms with Crippen molar-refractivity contribution < 1.29 is 4.74 Å². The van der Waals surface area contributed by atoms with E-state index in [0.29, 0.717) is 39.1 Å². The van der Waals surface area contributed by atoms with Crippen LogP contribution in [0.3, 0.4) is 0 Å². The lowest BCUT2D eigenvalue weighted by Crippen LogP contribution is -2.13. The number of halogens is 3. The Morgan fingerprint density at radius 1 is 1.24 bits per heavy atom. The summed E-state index contributed by atoms with van der Waals surface area (Å²) in [5.74, 6) is 0.938. The zero-order valence-corrected chi connectivity index (χ0v) is 11.8. The van der Waals surface area contributed by atoms with E-state index in [4.69, 9.17) is 39.5 Å². The van der Waals surface area contributed by atoms with Crippen LogP contribution >= 0.6 is 34.8 Å². The van der Waals surface area contributed by atoms with Gasteiger partial charge in [0.1, 0.15) is 6.61 Å². The molecule has 2 nitrogen and oxygen atoms in total. The summed E-state index contributed by atoms with van der Waals surface area (Å²) in [4.78, 5) is 4.49. The molecule has 1 heterocycles. The molecule has 17 heavy (non-hydrogen) atoms. The maximum Gasteiger partial charge on any atom is 0.219 e. The van der Waals surface area contributed by atoms with E-state index < -0.39 is 0 Å². The van der Waals surface area contributed by atoms with E-state index in [-0.39, 0.29) is 6.04 Å². The standard InChI is InChI=1S/C12H12Cl3NO/c1-6(2)10-5-17-12(16-10)11-8(14)3-7(13)4-9(11)15/h3-4,6,10H,5H2,1-2H3/t10-/m1/s1. The minimum atomic E-state index is 0.160. The third-order valence-electron chi connectivity index (χ3n) is 2.66. The van der Waals surface area contributed by atoms with Crippen LogP contribution in [0.4, 0.5) is 0 Å². The number of ether oxygens (including phenoxy) is 1. The minimum Gasteiger partial charge on any atom is -0.475 e. The van der Waals surface area contributed by atoms with E-state index in [9.17, 15) is 0 Å². The summed E-state index contributed by atoms with van der Waals surface area (Å²) in [7, 11) is 0. The van der Waals surface area contributed by atoms with Crippen LogP contribution in [-0.4, -0.2) is 18.5 Å². The molecule has 1 aromatic rings. The van der Waals surface area contributed by atoms with E-state index in [0.717, 1.165) is 0 Å². The zero-order chi connectivity index (χ0) is 12.6. The summed E-state index contributed by atoms with van der Waals surface area (Å²) in [5.41, 5.74) is 0.626. The first kappa shape index (κ1) is 13.0. The molecule has 0 saturated carbocycles. The topological polar surface area (TPSA) is 21.6 Å². The summed E-state index contributed by atoms with van der Waals surface area (Å²) in [6.45, 7) is 4.78. The third-order valence-corrected chi connectivity index (χ3v) is 3.48. The van der Waals surface area contributed by atoms with Crippen LogP contribution in [0.5, 0.6) is 0 Å². The number of benzene rings is 1. The monoisotopic (exact) mass is 291 g/mol. The Hall–Kier alpha value is -0.440. The highest BCUT2D eigenvalue weighted by molar-refractivity contribution is 6.42. The van der Waals surface area contributed by atoms with Crippen molar-refractivity contribution in [2.75, 3.05) is 6.61 Å². The molecule has 1 aliphatic heterocycles. The second-order valence-electron chi connectivity index (χ2n) is 4.30. The van der Waals surface area contributed by atoms with Gasteiger partial charge in [0.25, 0.3) is 0 Å². The molecule has 5 heteroatoms. The molecular weight excluding hydrogens is 280 g/mol. The Kier molecular flexibility index (Phi) is 3.86. The number of aliphatic imine (C=N–C) groups is 1. The summed E-state index contributed by atoms with van der Waals surface area (Å²) in [5, 5.41) is 1.43. The largest absolute Gasteiger partial charge is 0.475 e. The molecule has 0 aliphatic carbocycles. The average Bonchev–Trinajstić information content (AvgIpc) is 2.65. The second-order valence-corrected chi connectivity index (χ2v) is 5.55. The molecule has 0 unspecified atom stereocenters. The highest BCUT2D eigenvalue weighted by Gasteiger charge is 2.25. The third kappa shape index (κ3) is 2.70. The zero-order valence-electron chi connectivity index (χ0n) is 9.51. The van der Waals surface area contributed by atoms with Crippen molar-refractivity contribution in [3.63, 3.8) is 0 Å². The van der Waals surface area contributed by atoms with E-state index in [1.807, 2.05) is 0 Å². The maximum atomic E-state index is 6.11. The van der Waals surface area contributed by atoms with Gasteiger partial charge >= 0.3 is 0 Å². The van der Waals surface area contributed by atoms with Crippen LogP contribution in [0.15, 0.2) is 17.1 Å². The average molecular weight is 293 g/mol. The van der Waals surface area contributed by atoms with Crippen LogP contribution in [0.1, 0.15) is 19.4 Å². The Labute approximate surface area is 116 Å². The van der Waals surface area contributed by atoms with Crippen molar-refractivity contribution in [1.29, 1.82) is 0 Å². The Morgan fingerprint density at radius 2 is 1.82 bits per heavy atom. The van der Waals surface area contributed by atoms with Gasteiger partial charge in [0.05, 0.1) is 21.7 Å². The van der Waals surface area contributed by atoms with Crippen molar-refractivity contribution in [2.24, 2.45) is 10.9 Å². The first-order valence-corrected chi connectivity index (χ1v) is 6.48. The van der Waals surface area contributed by atoms with Crippen molar-refractivity contribution in [3.8, 4) is 0 Å². The molecule has 1 aromatic carbocycles. The van der Waals surface area contributed by atoms with E-state index in [1.165, 1.54) is 0 Å². The minimum absolute atomic E-state index is 0.160. The van der Waals surface area contributed by atoms with E-state index >= 15 is 0 Å². The van der Waals surface area contributed by atoms with Gasteiger partial charge in [0.15, 0.2) is 0 Å². The van der Waals surface area contributed by atoms with Crippen molar-refractivity contribution >= 4 is 40.7 Å². The summed E-state index contributed by atoms with van der Waals surface area (Å²) >= 11 is 18.1. The van der Waals surface area contributed by atoms with Gasteiger partial charge in [-0.1, -0.05) is 48.7 Å². The molecule has 0 fully saturated rings. The van der Waals surface area contributed by atoms with Crippen LogP contribution in [0, 0.1) is 5.92 Å². The summed E-state index contributed by atoms with van der Waals surface area (Å²) < 4.78 is 5.55. The molecule has 92 valence electrons. The number of rotatable bonds is 2. The molecule has 0 bridgehead atoms. The highest BCUT2D eigenvalue weighted by Crippen LogP contribution is 2.31. The van der Waals surface area contributed by atoms with Crippen LogP contribution < -0.4 is 0 Å². The Balaban J connectivity index is 2.39. The predicted octanol–water partition coefficient (Wildman–Crippen LogP) is 4.45. The normalized spacial score (nSPS) is 19.4.